The Balaban J connectivity index is 1.93. The fourth-order valence-corrected chi connectivity index (χ4v) is 1.92. The third kappa shape index (κ3) is 2.38. The second-order valence-corrected chi connectivity index (χ2v) is 3.90. The lowest BCUT2D eigenvalue weighted by Gasteiger charge is -2.21. The number of aromatic amines is 2. The second kappa shape index (κ2) is 4.02. The van der Waals surface area contributed by atoms with Crippen molar-refractivity contribution in [3.63, 3.8) is 0 Å². The molecule has 2 rings (SSSR count). The van der Waals surface area contributed by atoms with Gasteiger partial charge in [-0.05, 0) is 44.1 Å². The van der Waals surface area contributed by atoms with Crippen LogP contribution in [0, 0.1) is 10.7 Å². The standard InChI is InChI=1S/C8H14N4S/c13-8-10-7(11-12-8)5-6-1-3-9-4-2-6/h6,9H,1-5H2,(H2,10,11,12,13). The SMILES string of the molecule is S=c1nc(CC2CCNCC2)[nH][nH]1. The van der Waals surface area contributed by atoms with Gasteiger partial charge in [0.1, 0.15) is 5.82 Å². The van der Waals surface area contributed by atoms with Crippen LogP contribution in [0.15, 0.2) is 0 Å². The minimum atomic E-state index is 0.559. The molecule has 0 bridgehead atoms. The predicted octanol–water partition coefficient (Wildman–Crippen LogP) is 1.01. The molecule has 2 heterocycles. The minimum absolute atomic E-state index is 0.559. The van der Waals surface area contributed by atoms with Crippen molar-refractivity contribution in [1.82, 2.24) is 20.5 Å². The van der Waals surface area contributed by atoms with Crippen molar-refractivity contribution in [2.24, 2.45) is 5.92 Å². The molecule has 5 heteroatoms. The normalized spacial score (nSPS) is 19.1. The van der Waals surface area contributed by atoms with Crippen molar-refractivity contribution in [2.45, 2.75) is 19.3 Å². The Labute approximate surface area is 82.1 Å². The molecule has 72 valence electrons. The van der Waals surface area contributed by atoms with Crippen molar-refractivity contribution in [3.8, 4) is 0 Å². The summed E-state index contributed by atoms with van der Waals surface area (Å²) >= 11 is 4.89. The summed E-state index contributed by atoms with van der Waals surface area (Å²) in [6, 6.07) is 0. The number of nitrogens with zero attached hydrogens (tertiary/aromatic N) is 1. The highest BCUT2D eigenvalue weighted by Gasteiger charge is 2.14. The lowest BCUT2D eigenvalue weighted by molar-refractivity contribution is 0.367. The summed E-state index contributed by atoms with van der Waals surface area (Å²) in [5.41, 5.74) is 0. The van der Waals surface area contributed by atoms with Gasteiger partial charge in [0.2, 0.25) is 4.77 Å². The first-order valence-corrected chi connectivity index (χ1v) is 5.09. The van der Waals surface area contributed by atoms with Gasteiger partial charge in [0, 0.05) is 6.42 Å². The summed E-state index contributed by atoms with van der Waals surface area (Å²) in [7, 11) is 0. The molecule has 0 saturated carbocycles. The van der Waals surface area contributed by atoms with Gasteiger partial charge in [-0.15, -0.1) is 0 Å². The van der Waals surface area contributed by atoms with Gasteiger partial charge in [-0.3, -0.25) is 10.2 Å². The Morgan fingerprint density at radius 1 is 1.31 bits per heavy atom. The summed E-state index contributed by atoms with van der Waals surface area (Å²) in [5, 5.41) is 9.16. The van der Waals surface area contributed by atoms with Crippen LogP contribution in [-0.2, 0) is 6.42 Å². The molecule has 1 aliphatic rings. The van der Waals surface area contributed by atoms with Crippen molar-refractivity contribution in [3.05, 3.63) is 10.6 Å². The van der Waals surface area contributed by atoms with Crippen LogP contribution < -0.4 is 5.32 Å². The van der Waals surface area contributed by atoms with E-state index in [-0.39, 0.29) is 0 Å². The average Bonchev–Trinajstić information content (AvgIpc) is 2.53. The van der Waals surface area contributed by atoms with Crippen LogP contribution in [0.1, 0.15) is 18.7 Å². The number of H-pyrrole nitrogens is 2. The van der Waals surface area contributed by atoms with E-state index < -0.39 is 0 Å². The third-order valence-corrected chi connectivity index (χ3v) is 2.68. The maximum atomic E-state index is 4.89. The zero-order chi connectivity index (χ0) is 9.10. The molecule has 0 atom stereocenters. The molecule has 0 unspecified atom stereocenters. The van der Waals surface area contributed by atoms with Crippen LogP contribution in [0.4, 0.5) is 0 Å². The van der Waals surface area contributed by atoms with Gasteiger partial charge in [-0.2, -0.15) is 0 Å². The van der Waals surface area contributed by atoms with Gasteiger partial charge < -0.3 is 5.32 Å². The molecule has 0 aliphatic carbocycles. The molecule has 0 aromatic carbocycles. The number of rotatable bonds is 2. The highest BCUT2D eigenvalue weighted by Crippen LogP contribution is 2.15. The van der Waals surface area contributed by atoms with Crippen LogP contribution >= 0.6 is 12.2 Å². The van der Waals surface area contributed by atoms with Crippen LogP contribution in [0.25, 0.3) is 0 Å². The van der Waals surface area contributed by atoms with E-state index in [1.807, 2.05) is 0 Å². The van der Waals surface area contributed by atoms with Gasteiger partial charge in [-0.25, -0.2) is 4.98 Å². The molecular weight excluding hydrogens is 184 g/mol. The Morgan fingerprint density at radius 2 is 2.08 bits per heavy atom. The molecule has 1 aliphatic heterocycles. The van der Waals surface area contributed by atoms with E-state index in [1.165, 1.54) is 12.8 Å². The largest absolute Gasteiger partial charge is 0.317 e. The Morgan fingerprint density at radius 3 is 2.69 bits per heavy atom. The number of aromatic nitrogens is 3. The van der Waals surface area contributed by atoms with Gasteiger partial charge >= 0.3 is 0 Å². The van der Waals surface area contributed by atoms with E-state index >= 15 is 0 Å². The molecular formula is C8H14N4S. The first-order chi connectivity index (χ1) is 6.34. The zero-order valence-corrected chi connectivity index (χ0v) is 8.28. The molecule has 0 spiro atoms. The lowest BCUT2D eigenvalue weighted by Crippen LogP contribution is -2.28. The number of hydrogen-bond acceptors (Lipinski definition) is 3. The molecule has 3 N–H and O–H groups in total. The maximum absolute atomic E-state index is 4.89. The number of hydrogen-bond donors (Lipinski definition) is 3. The molecule has 1 saturated heterocycles. The maximum Gasteiger partial charge on any atom is 0.213 e. The van der Waals surface area contributed by atoms with E-state index in [4.69, 9.17) is 12.2 Å². The van der Waals surface area contributed by atoms with Gasteiger partial charge in [0.25, 0.3) is 0 Å². The molecule has 13 heavy (non-hydrogen) atoms. The summed E-state index contributed by atoms with van der Waals surface area (Å²) in [6.07, 6.45) is 3.51. The van der Waals surface area contributed by atoms with E-state index in [0.717, 1.165) is 31.3 Å². The highest BCUT2D eigenvalue weighted by molar-refractivity contribution is 7.71. The predicted molar refractivity (Wildman–Crippen MR) is 53.1 cm³/mol. The topological polar surface area (TPSA) is 56.5 Å². The Kier molecular flexibility index (Phi) is 2.75. The van der Waals surface area contributed by atoms with E-state index in [2.05, 4.69) is 20.5 Å². The monoisotopic (exact) mass is 198 g/mol. The quantitative estimate of drug-likeness (QED) is 0.622. The Bertz CT molecular complexity index is 310. The first kappa shape index (κ1) is 8.90. The van der Waals surface area contributed by atoms with Crippen molar-refractivity contribution in [1.29, 1.82) is 0 Å². The first-order valence-electron chi connectivity index (χ1n) is 4.69. The summed E-state index contributed by atoms with van der Waals surface area (Å²) in [6.45, 7) is 2.27. The molecule has 0 amide bonds. The molecule has 1 aromatic heterocycles. The summed E-state index contributed by atoms with van der Waals surface area (Å²) < 4.78 is 0.559. The second-order valence-electron chi connectivity index (χ2n) is 3.51. The molecule has 1 fully saturated rings. The van der Waals surface area contributed by atoms with Crippen molar-refractivity contribution in [2.75, 3.05) is 13.1 Å². The summed E-state index contributed by atoms with van der Waals surface area (Å²) in [4.78, 5) is 4.19. The molecule has 1 aromatic rings. The number of piperidine rings is 1. The number of nitrogens with one attached hydrogen (secondary N) is 3. The third-order valence-electron chi connectivity index (χ3n) is 2.49. The van der Waals surface area contributed by atoms with Gasteiger partial charge in [0.15, 0.2) is 0 Å². The van der Waals surface area contributed by atoms with Crippen LogP contribution in [-0.4, -0.2) is 28.3 Å². The Hall–Kier alpha value is -0.680. The van der Waals surface area contributed by atoms with Crippen LogP contribution in [0.2, 0.25) is 0 Å². The minimum Gasteiger partial charge on any atom is -0.317 e. The average molecular weight is 198 g/mol. The van der Waals surface area contributed by atoms with Crippen molar-refractivity contribution >= 4 is 12.2 Å². The van der Waals surface area contributed by atoms with E-state index in [9.17, 15) is 0 Å². The summed E-state index contributed by atoms with van der Waals surface area (Å²) in [5.74, 6) is 1.76. The smallest absolute Gasteiger partial charge is 0.213 e. The van der Waals surface area contributed by atoms with Crippen molar-refractivity contribution < 1.29 is 0 Å². The molecule has 4 nitrogen and oxygen atoms in total. The van der Waals surface area contributed by atoms with Crippen LogP contribution in [0.3, 0.4) is 0 Å². The van der Waals surface area contributed by atoms with Gasteiger partial charge in [0.05, 0.1) is 0 Å². The fourth-order valence-electron chi connectivity index (χ4n) is 1.76. The zero-order valence-electron chi connectivity index (χ0n) is 7.47. The van der Waals surface area contributed by atoms with E-state index in [1.54, 1.807) is 0 Å². The van der Waals surface area contributed by atoms with Gasteiger partial charge in [-0.1, -0.05) is 0 Å². The van der Waals surface area contributed by atoms with Crippen LogP contribution in [0.5, 0.6) is 0 Å². The lowest BCUT2D eigenvalue weighted by atomic mass is 9.94. The highest BCUT2D eigenvalue weighted by atomic mass is 32.1. The fraction of sp³-hybridized carbons (Fsp3) is 0.750. The van der Waals surface area contributed by atoms with E-state index in [0.29, 0.717) is 4.77 Å². The molecule has 0 radical (unpaired) electrons.